The largest absolute Gasteiger partial charge is 0.239 e. The van der Waals surface area contributed by atoms with Crippen LogP contribution in [0.25, 0.3) is 0 Å². The van der Waals surface area contributed by atoms with Gasteiger partial charge in [0.2, 0.25) is 0 Å². The second-order valence-electron chi connectivity index (χ2n) is 2.71. The lowest BCUT2D eigenvalue weighted by atomic mass is 10.1. The van der Waals surface area contributed by atoms with Crippen molar-refractivity contribution < 1.29 is 8.60 Å². The number of benzene rings is 1. The lowest BCUT2D eigenvalue weighted by Gasteiger charge is -2.03. The van der Waals surface area contributed by atoms with Gasteiger partial charge in [-0.15, -0.1) is 0 Å². The molecule has 72 valence electrons. The summed E-state index contributed by atoms with van der Waals surface area (Å²) >= 11 is -1.60. The second-order valence-corrected chi connectivity index (χ2v) is 3.60. The molecule has 13 heavy (non-hydrogen) atoms. The third kappa shape index (κ3) is 3.22. The minimum absolute atomic E-state index is 0.176. The third-order valence-electron chi connectivity index (χ3n) is 1.61. The van der Waals surface area contributed by atoms with Gasteiger partial charge in [0.15, 0.2) is 11.2 Å². The van der Waals surface area contributed by atoms with Crippen molar-refractivity contribution in [3.63, 3.8) is 0 Å². The summed E-state index contributed by atoms with van der Waals surface area (Å²) in [6, 6.07) is 4.86. The van der Waals surface area contributed by atoms with Gasteiger partial charge in [-0.3, -0.25) is 0 Å². The molecule has 0 aliphatic rings. The Morgan fingerprint density at radius 3 is 2.85 bits per heavy atom. The van der Waals surface area contributed by atoms with E-state index >= 15 is 0 Å². The molecule has 0 radical (unpaired) electrons. The maximum atomic E-state index is 13.1. The Bertz CT molecular complexity index is 330. The molecule has 0 aromatic heterocycles. The Hall–Kier alpha value is -0.780. The van der Waals surface area contributed by atoms with E-state index in [4.69, 9.17) is 5.14 Å². The summed E-state index contributed by atoms with van der Waals surface area (Å²) in [6.45, 7) is 1.98. The van der Waals surface area contributed by atoms with Gasteiger partial charge in [0.25, 0.3) is 0 Å². The molecule has 0 fully saturated rings. The van der Waals surface area contributed by atoms with Crippen LogP contribution in [0.2, 0.25) is 0 Å². The van der Waals surface area contributed by atoms with Crippen molar-refractivity contribution in [3.8, 4) is 0 Å². The molecule has 3 N–H and O–H groups in total. The maximum absolute atomic E-state index is 13.1. The molecule has 0 aliphatic carbocycles. The van der Waals surface area contributed by atoms with Crippen LogP contribution < -0.4 is 9.86 Å². The van der Waals surface area contributed by atoms with E-state index in [0.29, 0.717) is 5.56 Å². The highest BCUT2D eigenvalue weighted by Crippen LogP contribution is 2.09. The van der Waals surface area contributed by atoms with Gasteiger partial charge in [0.05, 0.1) is 0 Å². The van der Waals surface area contributed by atoms with Crippen LogP contribution in [-0.2, 0) is 17.7 Å². The molecule has 0 amide bonds. The summed E-state index contributed by atoms with van der Waals surface area (Å²) < 4.78 is 26.0. The van der Waals surface area contributed by atoms with Gasteiger partial charge < -0.3 is 0 Å². The van der Waals surface area contributed by atoms with Crippen molar-refractivity contribution in [3.05, 3.63) is 35.1 Å². The standard InChI is InChI=1S/C8H11FN2OS/c1-6-2-3-7(8(9)4-6)5-11-13(10)12/h2-4,11H,5,10H2,1H3. The summed E-state index contributed by atoms with van der Waals surface area (Å²) in [4.78, 5) is 0. The van der Waals surface area contributed by atoms with E-state index in [-0.39, 0.29) is 12.4 Å². The molecule has 3 nitrogen and oxygen atoms in total. The molecule has 1 rings (SSSR count). The number of hydrogen-bond donors (Lipinski definition) is 2. The van der Waals surface area contributed by atoms with E-state index < -0.39 is 11.2 Å². The van der Waals surface area contributed by atoms with Crippen LogP contribution in [0.15, 0.2) is 18.2 Å². The highest BCUT2D eigenvalue weighted by Gasteiger charge is 2.01. The van der Waals surface area contributed by atoms with Gasteiger partial charge in [-0.25, -0.2) is 18.5 Å². The van der Waals surface area contributed by atoms with Crippen LogP contribution in [0.5, 0.6) is 0 Å². The molecule has 1 atom stereocenters. The lowest BCUT2D eigenvalue weighted by molar-refractivity contribution is 0.604. The molecule has 5 heteroatoms. The molecule has 1 aromatic rings. The van der Waals surface area contributed by atoms with Crippen molar-refractivity contribution in [1.29, 1.82) is 0 Å². The van der Waals surface area contributed by atoms with E-state index in [1.165, 1.54) is 6.07 Å². The van der Waals surface area contributed by atoms with E-state index in [2.05, 4.69) is 4.72 Å². The number of hydrogen-bond acceptors (Lipinski definition) is 1. The van der Waals surface area contributed by atoms with Gasteiger partial charge in [-0.1, -0.05) is 12.1 Å². The lowest BCUT2D eigenvalue weighted by Crippen LogP contribution is -2.23. The Balaban J connectivity index is 2.72. The zero-order valence-corrected chi connectivity index (χ0v) is 8.03. The molecule has 0 saturated carbocycles. The normalized spacial score (nSPS) is 12.8. The zero-order valence-electron chi connectivity index (χ0n) is 7.21. The van der Waals surface area contributed by atoms with Crippen molar-refractivity contribution in [2.24, 2.45) is 5.14 Å². The molecule has 0 saturated heterocycles. The maximum Gasteiger partial charge on any atom is 0.164 e. The van der Waals surface area contributed by atoms with Crippen LogP contribution in [-0.4, -0.2) is 4.21 Å². The number of nitrogens with one attached hydrogen (secondary N) is 1. The molecule has 0 bridgehead atoms. The van der Waals surface area contributed by atoms with Crippen LogP contribution in [0, 0.1) is 12.7 Å². The summed E-state index contributed by atoms with van der Waals surface area (Å²) in [5.41, 5.74) is 1.32. The fraction of sp³-hybridized carbons (Fsp3) is 0.250. The van der Waals surface area contributed by atoms with Gasteiger partial charge >= 0.3 is 0 Å². The number of halogens is 1. The quantitative estimate of drug-likeness (QED) is 0.747. The van der Waals surface area contributed by atoms with E-state index in [1.807, 2.05) is 0 Å². The Morgan fingerprint density at radius 2 is 2.31 bits per heavy atom. The van der Waals surface area contributed by atoms with Crippen molar-refractivity contribution in [2.75, 3.05) is 0 Å². The molecule has 0 spiro atoms. The van der Waals surface area contributed by atoms with Gasteiger partial charge in [0.1, 0.15) is 5.82 Å². The number of nitrogens with two attached hydrogens (primary N) is 1. The predicted molar refractivity (Wildman–Crippen MR) is 50.3 cm³/mol. The summed E-state index contributed by atoms with van der Waals surface area (Å²) in [5, 5.41) is 4.96. The van der Waals surface area contributed by atoms with Crippen LogP contribution in [0.3, 0.4) is 0 Å². The Kier molecular flexibility index (Phi) is 3.53. The molecule has 0 aliphatic heterocycles. The first kappa shape index (κ1) is 10.3. The Labute approximate surface area is 78.9 Å². The smallest absolute Gasteiger partial charge is 0.164 e. The zero-order chi connectivity index (χ0) is 9.84. The monoisotopic (exact) mass is 202 g/mol. The molecule has 1 unspecified atom stereocenters. The van der Waals surface area contributed by atoms with Crippen molar-refractivity contribution in [2.45, 2.75) is 13.5 Å². The molecular weight excluding hydrogens is 191 g/mol. The minimum atomic E-state index is -1.60. The van der Waals surface area contributed by atoms with Gasteiger partial charge in [-0.05, 0) is 18.6 Å². The topological polar surface area (TPSA) is 55.1 Å². The Morgan fingerprint density at radius 1 is 1.62 bits per heavy atom. The van der Waals surface area contributed by atoms with Crippen LogP contribution >= 0.6 is 0 Å². The van der Waals surface area contributed by atoms with Crippen molar-refractivity contribution in [1.82, 2.24) is 4.72 Å². The third-order valence-corrected chi connectivity index (χ3v) is 2.04. The molecule has 0 heterocycles. The van der Waals surface area contributed by atoms with E-state index in [9.17, 15) is 8.60 Å². The summed E-state index contributed by atoms with van der Waals surface area (Å²) in [6.07, 6.45) is 0. The van der Waals surface area contributed by atoms with Gasteiger partial charge in [-0.2, -0.15) is 0 Å². The second kappa shape index (κ2) is 4.45. The fourth-order valence-corrected chi connectivity index (χ4v) is 1.24. The average molecular weight is 202 g/mol. The highest BCUT2D eigenvalue weighted by atomic mass is 32.2. The molecule has 1 aromatic carbocycles. The first-order valence-corrected chi connectivity index (χ1v) is 4.95. The highest BCUT2D eigenvalue weighted by molar-refractivity contribution is 7.80. The number of aryl methyl sites for hydroxylation is 1. The SMILES string of the molecule is Cc1ccc(CNS(N)=O)c(F)c1. The average Bonchev–Trinajstić information content (AvgIpc) is 2.02. The van der Waals surface area contributed by atoms with E-state index in [0.717, 1.165) is 5.56 Å². The summed E-state index contributed by atoms with van der Waals surface area (Å²) in [5.74, 6) is -0.307. The first-order valence-electron chi connectivity index (χ1n) is 3.74. The van der Waals surface area contributed by atoms with E-state index in [1.54, 1.807) is 19.1 Å². The number of rotatable bonds is 3. The minimum Gasteiger partial charge on any atom is -0.239 e. The molecular formula is C8H11FN2OS. The predicted octanol–water partition coefficient (Wildman–Crippen LogP) is 0.761. The fourth-order valence-electron chi connectivity index (χ4n) is 0.945. The summed E-state index contributed by atoms with van der Waals surface area (Å²) in [7, 11) is 0. The first-order chi connectivity index (χ1) is 6.09. The van der Waals surface area contributed by atoms with Crippen molar-refractivity contribution >= 4 is 11.2 Å². The van der Waals surface area contributed by atoms with Crippen LogP contribution in [0.4, 0.5) is 4.39 Å². The van der Waals surface area contributed by atoms with Crippen LogP contribution in [0.1, 0.15) is 11.1 Å². The van der Waals surface area contributed by atoms with Gasteiger partial charge in [0, 0.05) is 12.1 Å².